The van der Waals surface area contributed by atoms with E-state index in [0.717, 1.165) is 66.6 Å². The first-order valence-electron chi connectivity index (χ1n) is 13.7. The molecule has 0 saturated carbocycles. The number of piperazine rings is 1. The van der Waals surface area contributed by atoms with E-state index in [-0.39, 0.29) is 17.4 Å². The van der Waals surface area contributed by atoms with Crippen molar-refractivity contribution in [3.63, 3.8) is 0 Å². The Labute approximate surface area is 241 Å². The number of carbonyl (C=O) groups is 2. The Kier molecular flexibility index (Phi) is 7.79. The highest BCUT2D eigenvalue weighted by Gasteiger charge is 2.28. The van der Waals surface area contributed by atoms with Crippen LogP contribution in [0.1, 0.15) is 47.8 Å². The lowest BCUT2D eigenvalue weighted by atomic mass is 9.96. The Hall–Kier alpha value is -3.56. The zero-order valence-corrected chi connectivity index (χ0v) is 24.7. The number of amides is 3. The minimum absolute atomic E-state index is 0.0467. The van der Waals surface area contributed by atoms with Crippen molar-refractivity contribution in [2.24, 2.45) is 12.5 Å². The van der Waals surface area contributed by atoms with Crippen molar-refractivity contribution in [2.45, 2.75) is 40.8 Å². The van der Waals surface area contributed by atoms with E-state index in [1.807, 2.05) is 49.2 Å². The number of hydrogen-bond acceptors (Lipinski definition) is 5. The van der Waals surface area contributed by atoms with Crippen LogP contribution in [0.2, 0.25) is 5.02 Å². The molecule has 1 fully saturated rings. The highest BCUT2D eigenvalue weighted by Crippen LogP contribution is 2.38. The van der Waals surface area contributed by atoms with E-state index in [4.69, 9.17) is 11.6 Å². The molecule has 2 aromatic carbocycles. The van der Waals surface area contributed by atoms with Crippen LogP contribution in [0.4, 0.5) is 22.0 Å². The number of hydrogen-bond donors (Lipinski definition) is 2. The van der Waals surface area contributed by atoms with Gasteiger partial charge in [0.15, 0.2) is 0 Å². The summed E-state index contributed by atoms with van der Waals surface area (Å²) in [4.78, 5) is 32.7. The van der Waals surface area contributed by atoms with Crippen molar-refractivity contribution in [1.29, 1.82) is 0 Å². The lowest BCUT2D eigenvalue weighted by Crippen LogP contribution is -2.52. The molecule has 9 nitrogen and oxygen atoms in total. The van der Waals surface area contributed by atoms with Crippen LogP contribution < -0.4 is 15.5 Å². The first-order valence-corrected chi connectivity index (χ1v) is 14.1. The van der Waals surface area contributed by atoms with Gasteiger partial charge in [-0.1, -0.05) is 38.4 Å². The van der Waals surface area contributed by atoms with E-state index >= 15 is 0 Å². The van der Waals surface area contributed by atoms with Crippen molar-refractivity contribution >= 4 is 40.7 Å². The Morgan fingerprint density at radius 2 is 1.82 bits per heavy atom. The summed E-state index contributed by atoms with van der Waals surface area (Å²) >= 11 is 6.28. The van der Waals surface area contributed by atoms with Crippen LogP contribution in [0.15, 0.2) is 42.6 Å². The number of rotatable bonds is 4. The minimum Gasteiger partial charge on any atom is -0.338 e. The van der Waals surface area contributed by atoms with Crippen molar-refractivity contribution in [1.82, 2.24) is 24.9 Å². The van der Waals surface area contributed by atoms with Crippen LogP contribution in [0.5, 0.6) is 0 Å². The second kappa shape index (κ2) is 11.1. The molecule has 5 rings (SSSR count). The first kappa shape index (κ1) is 28.0. The Balaban J connectivity index is 1.26. The summed E-state index contributed by atoms with van der Waals surface area (Å²) in [7, 11) is 1.86. The second-order valence-electron chi connectivity index (χ2n) is 11.9. The number of benzene rings is 2. The van der Waals surface area contributed by atoms with E-state index in [1.54, 1.807) is 21.8 Å². The number of aromatic nitrogens is 2. The zero-order valence-electron chi connectivity index (χ0n) is 23.9. The maximum absolute atomic E-state index is 13.8. The normalized spacial score (nSPS) is 15.7. The molecule has 2 N–H and O–H groups in total. The van der Waals surface area contributed by atoms with Gasteiger partial charge in [0.1, 0.15) is 5.82 Å². The molecule has 1 aromatic heterocycles. The molecule has 0 spiro atoms. The number of nitrogens with one attached hydrogen (secondary N) is 2. The smallest absolute Gasteiger partial charge is 0.317 e. The van der Waals surface area contributed by atoms with Gasteiger partial charge in [-0.15, -0.1) is 0 Å². The molecule has 0 aliphatic carbocycles. The maximum atomic E-state index is 13.8. The molecular weight excluding hydrogens is 526 g/mol. The Bertz CT molecular complexity index is 1420. The summed E-state index contributed by atoms with van der Waals surface area (Å²) in [5.41, 5.74) is 5.18. The molecule has 40 heavy (non-hydrogen) atoms. The van der Waals surface area contributed by atoms with Gasteiger partial charge in [0.2, 0.25) is 0 Å². The van der Waals surface area contributed by atoms with Gasteiger partial charge in [0, 0.05) is 62.5 Å². The van der Waals surface area contributed by atoms with Gasteiger partial charge >= 0.3 is 6.03 Å². The lowest BCUT2D eigenvalue weighted by Gasteiger charge is -2.37. The Morgan fingerprint density at radius 3 is 2.52 bits per heavy atom. The number of anilines is 3. The molecule has 0 unspecified atom stereocenters. The summed E-state index contributed by atoms with van der Waals surface area (Å²) in [5.74, 6) is 0.714. The summed E-state index contributed by atoms with van der Waals surface area (Å²) < 4.78 is 1.76. The van der Waals surface area contributed by atoms with Gasteiger partial charge in [0.05, 0.1) is 24.1 Å². The number of fused-ring (bicyclic) bond motifs is 2. The topological polar surface area (TPSA) is 85.7 Å². The van der Waals surface area contributed by atoms with Gasteiger partial charge in [-0.05, 0) is 53.8 Å². The highest BCUT2D eigenvalue weighted by atomic mass is 35.5. The minimum atomic E-state index is -0.117. The monoisotopic (exact) mass is 563 g/mol. The molecule has 2 aliphatic heterocycles. The van der Waals surface area contributed by atoms with E-state index in [2.05, 4.69) is 41.4 Å². The fraction of sp³-hybridized carbons (Fsp3) is 0.433. The van der Waals surface area contributed by atoms with Crippen LogP contribution in [-0.4, -0.2) is 64.2 Å². The van der Waals surface area contributed by atoms with Gasteiger partial charge < -0.3 is 20.4 Å². The molecule has 3 aromatic rings. The van der Waals surface area contributed by atoms with Gasteiger partial charge in [0.25, 0.3) is 5.91 Å². The van der Waals surface area contributed by atoms with Crippen molar-refractivity contribution in [3.05, 3.63) is 69.9 Å². The predicted octanol–water partition coefficient (Wildman–Crippen LogP) is 5.16. The molecule has 0 bridgehead atoms. The highest BCUT2D eigenvalue weighted by molar-refractivity contribution is 6.31. The summed E-state index contributed by atoms with van der Waals surface area (Å²) in [6.07, 6.45) is 1.78. The number of nitrogens with zero attached hydrogens (tertiary/aromatic N) is 5. The predicted molar refractivity (Wildman–Crippen MR) is 159 cm³/mol. The lowest BCUT2D eigenvalue weighted by molar-refractivity contribution is 0.0985. The van der Waals surface area contributed by atoms with Crippen LogP contribution >= 0.6 is 11.6 Å². The molecular formula is C30H38ClN7O2. The van der Waals surface area contributed by atoms with Crippen molar-refractivity contribution in [2.75, 3.05) is 42.9 Å². The number of halogens is 1. The molecule has 0 atom stereocenters. The third-order valence-electron chi connectivity index (χ3n) is 7.47. The van der Waals surface area contributed by atoms with E-state index in [9.17, 15) is 9.59 Å². The quantitative estimate of drug-likeness (QED) is 0.458. The molecule has 2 aliphatic rings. The third kappa shape index (κ3) is 6.10. The van der Waals surface area contributed by atoms with Gasteiger partial charge in [-0.2, -0.15) is 5.10 Å². The van der Waals surface area contributed by atoms with Crippen LogP contribution in [0, 0.1) is 12.3 Å². The summed E-state index contributed by atoms with van der Waals surface area (Å²) in [5, 5.41) is 11.4. The molecule has 3 amide bonds. The molecule has 10 heteroatoms. The number of urea groups is 1. The summed E-state index contributed by atoms with van der Waals surface area (Å²) in [6.45, 7) is 13.7. The average Bonchev–Trinajstić information content (AvgIpc) is 3.15. The number of carbonyl (C=O) groups excluding carboxylic acids is 2. The fourth-order valence-corrected chi connectivity index (χ4v) is 5.59. The summed E-state index contributed by atoms with van der Waals surface area (Å²) in [6, 6.07) is 11.1. The third-order valence-corrected chi connectivity index (χ3v) is 7.70. The van der Waals surface area contributed by atoms with Crippen LogP contribution in [-0.2, 0) is 20.1 Å². The number of aryl methyl sites for hydroxylation is 2. The largest absolute Gasteiger partial charge is 0.338 e. The zero-order chi connectivity index (χ0) is 28.6. The fourth-order valence-electron chi connectivity index (χ4n) is 5.41. The molecule has 1 saturated heterocycles. The van der Waals surface area contributed by atoms with Crippen molar-refractivity contribution < 1.29 is 9.59 Å². The van der Waals surface area contributed by atoms with Crippen molar-refractivity contribution in [3.8, 4) is 0 Å². The van der Waals surface area contributed by atoms with E-state index in [1.165, 1.54) is 0 Å². The second-order valence-corrected chi connectivity index (χ2v) is 12.4. The first-order chi connectivity index (χ1) is 19.0. The standard InChI is InChI=1S/C30H38ClN7O2/c1-20-14-21(6-7-22(20)16-32-29(40)37-12-10-36(11-13-37)19-30(2,3)4)28(39)38-18-23-17-33-35(5)27(23)34-25-15-24(31)8-9-26(25)38/h6-9,14-15,17,34H,10-13,16,18-19H2,1-5H3,(H,32,40). The molecule has 0 radical (unpaired) electrons. The van der Waals surface area contributed by atoms with Crippen LogP contribution in [0.3, 0.4) is 0 Å². The van der Waals surface area contributed by atoms with Gasteiger partial charge in [-0.25, -0.2) is 4.79 Å². The maximum Gasteiger partial charge on any atom is 0.317 e. The van der Waals surface area contributed by atoms with Crippen LogP contribution in [0.25, 0.3) is 0 Å². The average molecular weight is 564 g/mol. The van der Waals surface area contributed by atoms with Gasteiger partial charge in [-0.3, -0.25) is 14.4 Å². The Morgan fingerprint density at radius 1 is 1.07 bits per heavy atom. The van der Waals surface area contributed by atoms with E-state index < -0.39 is 0 Å². The SMILES string of the molecule is Cc1cc(C(=O)N2Cc3cnn(C)c3Nc3cc(Cl)ccc32)ccc1CNC(=O)N1CCN(CC(C)(C)C)CC1. The molecule has 212 valence electrons. The molecule has 3 heterocycles. The van der Waals surface area contributed by atoms with E-state index in [0.29, 0.717) is 23.7 Å².